The normalized spacial score (nSPS) is 22.1. The summed E-state index contributed by atoms with van der Waals surface area (Å²) in [6, 6.07) is 1.09. The first-order chi connectivity index (χ1) is 13.9. The fourth-order valence-electron chi connectivity index (χ4n) is 4.13. The molecule has 9 heteroatoms. The molecule has 0 amide bonds. The Hall–Kier alpha value is -2.65. The van der Waals surface area contributed by atoms with Crippen LogP contribution in [-0.2, 0) is 0 Å². The summed E-state index contributed by atoms with van der Waals surface area (Å²) < 4.78 is 22.4. The first kappa shape index (κ1) is 19.7. The molecular weight excluding hydrogens is 383 g/mol. The van der Waals surface area contributed by atoms with E-state index in [1.165, 1.54) is 13.3 Å². The molecule has 2 atom stereocenters. The Balaban J connectivity index is 1.97. The van der Waals surface area contributed by atoms with Crippen LogP contribution < -0.4 is 15.1 Å². The first-order valence-corrected chi connectivity index (χ1v) is 9.59. The highest BCUT2D eigenvalue weighted by Gasteiger charge is 2.34. The number of methoxy groups -OCH3 is 1. The van der Waals surface area contributed by atoms with Gasteiger partial charge in [-0.1, -0.05) is 0 Å². The monoisotopic (exact) mass is 406 g/mol. The summed E-state index contributed by atoms with van der Waals surface area (Å²) in [5, 5.41) is 28.9. The Morgan fingerprint density at radius 1 is 1.34 bits per heavy atom. The van der Waals surface area contributed by atoms with Crippen LogP contribution in [0.15, 0.2) is 17.1 Å². The minimum Gasteiger partial charge on any atom is -0.492 e. The summed E-state index contributed by atoms with van der Waals surface area (Å²) in [6.07, 6.45) is 2.66. The Labute approximate surface area is 165 Å². The van der Waals surface area contributed by atoms with Crippen LogP contribution in [0.4, 0.5) is 10.1 Å². The highest BCUT2D eigenvalue weighted by molar-refractivity contribution is 5.97. The van der Waals surface area contributed by atoms with Gasteiger partial charge in [0, 0.05) is 31.2 Å². The van der Waals surface area contributed by atoms with Crippen LogP contribution >= 0.6 is 0 Å². The second-order valence-electron chi connectivity index (χ2n) is 7.70. The minimum atomic E-state index is -1.36. The molecule has 156 valence electrons. The number of hydrogen-bond donors (Lipinski definition) is 3. The van der Waals surface area contributed by atoms with Crippen LogP contribution in [0.5, 0.6) is 5.75 Å². The van der Waals surface area contributed by atoms with E-state index in [1.54, 1.807) is 9.47 Å². The molecule has 1 aromatic carbocycles. The number of nitrogens with zero attached hydrogens (tertiary/aromatic N) is 2. The van der Waals surface area contributed by atoms with Gasteiger partial charge in [-0.25, -0.2) is 9.18 Å². The van der Waals surface area contributed by atoms with Crippen molar-refractivity contribution in [3.63, 3.8) is 0 Å². The largest absolute Gasteiger partial charge is 0.492 e. The number of carbonyl (C=O) groups is 1. The zero-order chi connectivity index (χ0) is 20.9. The number of anilines is 1. The molecule has 8 nitrogen and oxygen atoms in total. The first-order valence-electron chi connectivity index (χ1n) is 9.59. The van der Waals surface area contributed by atoms with E-state index in [2.05, 4.69) is 0 Å². The lowest BCUT2D eigenvalue weighted by atomic mass is 9.94. The maximum Gasteiger partial charge on any atom is 0.341 e. The van der Waals surface area contributed by atoms with Crippen molar-refractivity contribution in [3.8, 4) is 5.75 Å². The zero-order valence-electron chi connectivity index (χ0n) is 16.0. The number of aliphatic hydroxyl groups is 2. The molecule has 2 aliphatic rings. The maximum atomic E-state index is 15.2. The Kier molecular flexibility index (Phi) is 4.95. The number of rotatable bonds is 5. The number of halogens is 1. The molecule has 0 radical (unpaired) electrons. The van der Waals surface area contributed by atoms with E-state index < -0.39 is 34.8 Å². The van der Waals surface area contributed by atoms with Crippen molar-refractivity contribution in [3.05, 3.63) is 33.9 Å². The lowest BCUT2D eigenvalue weighted by Crippen LogP contribution is -2.45. The Bertz CT molecular complexity index is 1030. The number of carboxylic acids is 1. The van der Waals surface area contributed by atoms with Crippen molar-refractivity contribution in [1.29, 1.82) is 0 Å². The average Bonchev–Trinajstić information content (AvgIpc) is 3.53. The van der Waals surface area contributed by atoms with Crippen molar-refractivity contribution in [2.45, 2.75) is 31.4 Å². The maximum absolute atomic E-state index is 15.2. The van der Waals surface area contributed by atoms with E-state index in [0.29, 0.717) is 18.5 Å². The number of pyridine rings is 1. The third kappa shape index (κ3) is 3.24. The molecule has 0 spiro atoms. The van der Waals surface area contributed by atoms with Gasteiger partial charge in [0.05, 0.1) is 30.7 Å². The molecule has 1 saturated heterocycles. The van der Waals surface area contributed by atoms with Crippen molar-refractivity contribution in [2.24, 2.45) is 5.92 Å². The van der Waals surface area contributed by atoms with Gasteiger partial charge in [0.1, 0.15) is 11.3 Å². The summed E-state index contributed by atoms with van der Waals surface area (Å²) in [6.45, 7) is 0.360. The molecule has 29 heavy (non-hydrogen) atoms. The van der Waals surface area contributed by atoms with Crippen LogP contribution in [0.1, 0.15) is 35.7 Å². The molecule has 2 aromatic rings. The topological polar surface area (TPSA) is 112 Å². The summed E-state index contributed by atoms with van der Waals surface area (Å²) >= 11 is 0. The fourth-order valence-corrected chi connectivity index (χ4v) is 4.13. The van der Waals surface area contributed by atoms with Gasteiger partial charge < -0.3 is 29.5 Å². The third-order valence-corrected chi connectivity index (χ3v) is 5.82. The molecule has 2 unspecified atom stereocenters. The van der Waals surface area contributed by atoms with Gasteiger partial charge >= 0.3 is 5.97 Å². The van der Waals surface area contributed by atoms with E-state index in [9.17, 15) is 24.9 Å². The number of carboxylic acid groups (broad SMARTS) is 1. The summed E-state index contributed by atoms with van der Waals surface area (Å²) in [4.78, 5) is 25.9. The Morgan fingerprint density at radius 3 is 2.66 bits per heavy atom. The molecule has 4 rings (SSSR count). The van der Waals surface area contributed by atoms with Gasteiger partial charge in [-0.05, 0) is 25.3 Å². The number of piperidine rings is 1. The van der Waals surface area contributed by atoms with Gasteiger partial charge in [-0.3, -0.25) is 4.79 Å². The quantitative estimate of drug-likeness (QED) is 0.687. The van der Waals surface area contributed by atoms with E-state index in [4.69, 9.17) is 4.74 Å². The van der Waals surface area contributed by atoms with Crippen LogP contribution in [0.25, 0.3) is 10.9 Å². The van der Waals surface area contributed by atoms with Gasteiger partial charge in [-0.2, -0.15) is 0 Å². The van der Waals surface area contributed by atoms with Crippen molar-refractivity contribution in [2.75, 3.05) is 31.7 Å². The molecule has 1 aliphatic carbocycles. The standard InChI is InChI=1S/C20H23FN2O6/c1-29-19-16-12(18(26)13(20(27)28)8-23(16)11-2-3-11)6-14(21)17(19)22-5-4-15(25)10(7-22)9-24/h6,8,10-11,15,24-25H,2-5,7,9H2,1H3,(H,27,28). The summed E-state index contributed by atoms with van der Waals surface area (Å²) in [5.74, 6) is -2.33. The summed E-state index contributed by atoms with van der Waals surface area (Å²) in [5.41, 5.74) is -0.634. The Morgan fingerprint density at radius 2 is 2.07 bits per heavy atom. The van der Waals surface area contributed by atoms with Gasteiger partial charge in [0.2, 0.25) is 5.43 Å². The number of fused-ring (bicyclic) bond motifs is 1. The van der Waals surface area contributed by atoms with Gasteiger partial charge in [-0.15, -0.1) is 0 Å². The second-order valence-corrected chi connectivity index (χ2v) is 7.70. The number of aromatic carboxylic acids is 1. The van der Waals surface area contributed by atoms with E-state index in [-0.39, 0.29) is 36.0 Å². The zero-order valence-corrected chi connectivity index (χ0v) is 16.0. The number of aliphatic hydroxyl groups excluding tert-OH is 2. The van der Waals surface area contributed by atoms with E-state index in [1.807, 2.05) is 0 Å². The molecule has 2 fully saturated rings. The number of benzene rings is 1. The second kappa shape index (κ2) is 7.31. The van der Waals surface area contributed by atoms with Gasteiger partial charge in [0.15, 0.2) is 11.6 Å². The SMILES string of the molecule is COc1c(N2CCC(O)C(CO)C2)c(F)cc2c(=O)c(C(=O)O)cn(C3CC3)c12. The summed E-state index contributed by atoms with van der Waals surface area (Å²) in [7, 11) is 1.38. The van der Waals surface area contributed by atoms with Crippen molar-refractivity contribution in [1.82, 2.24) is 4.57 Å². The fraction of sp³-hybridized carbons (Fsp3) is 0.500. The highest BCUT2D eigenvalue weighted by atomic mass is 19.1. The van der Waals surface area contributed by atoms with Crippen LogP contribution in [0, 0.1) is 11.7 Å². The highest BCUT2D eigenvalue weighted by Crippen LogP contribution is 2.44. The van der Waals surface area contributed by atoms with E-state index in [0.717, 1.165) is 18.9 Å². The lowest BCUT2D eigenvalue weighted by molar-refractivity contribution is 0.0522. The molecule has 1 saturated carbocycles. The molecular formula is C20H23FN2O6. The van der Waals surface area contributed by atoms with Crippen LogP contribution in [-0.4, -0.2) is 58.8 Å². The van der Waals surface area contributed by atoms with Crippen molar-refractivity contribution >= 4 is 22.6 Å². The predicted octanol–water partition coefficient (Wildman–Crippen LogP) is 1.36. The number of hydrogen-bond acceptors (Lipinski definition) is 6. The molecule has 1 aliphatic heterocycles. The smallest absolute Gasteiger partial charge is 0.341 e. The van der Waals surface area contributed by atoms with Crippen LogP contribution in [0.3, 0.4) is 0 Å². The van der Waals surface area contributed by atoms with Gasteiger partial charge in [0.25, 0.3) is 0 Å². The van der Waals surface area contributed by atoms with Crippen LogP contribution in [0.2, 0.25) is 0 Å². The number of ether oxygens (including phenoxy) is 1. The predicted molar refractivity (Wildman–Crippen MR) is 103 cm³/mol. The molecule has 2 heterocycles. The minimum absolute atomic E-state index is 0.0248. The van der Waals surface area contributed by atoms with E-state index >= 15 is 4.39 Å². The van der Waals surface area contributed by atoms with Crippen molar-refractivity contribution < 1.29 is 29.2 Å². The molecule has 0 bridgehead atoms. The average molecular weight is 406 g/mol. The molecule has 1 aromatic heterocycles. The number of aromatic nitrogens is 1. The lowest BCUT2D eigenvalue weighted by Gasteiger charge is -2.37. The third-order valence-electron chi connectivity index (χ3n) is 5.82. The molecule has 3 N–H and O–H groups in total.